The summed E-state index contributed by atoms with van der Waals surface area (Å²) in [5.41, 5.74) is 1.21. The third-order valence-corrected chi connectivity index (χ3v) is 4.44. The molecule has 1 fully saturated rings. The predicted octanol–water partition coefficient (Wildman–Crippen LogP) is 2.47. The molecule has 1 aliphatic rings. The maximum Gasteiger partial charge on any atom is 0.315 e. The fraction of sp³-hybridized carbons (Fsp3) is 0.368. The number of hydrogen-bond donors (Lipinski definition) is 3. The van der Waals surface area contributed by atoms with E-state index in [2.05, 4.69) is 46.3 Å². The Morgan fingerprint density at radius 3 is 2.72 bits per heavy atom. The smallest absolute Gasteiger partial charge is 0.315 e. The van der Waals surface area contributed by atoms with Crippen molar-refractivity contribution in [2.45, 2.75) is 31.3 Å². The number of urea groups is 1. The summed E-state index contributed by atoms with van der Waals surface area (Å²) in [6, 6.07) is 13.5. The Morgan fingerprint density at radius 1 is 1.20 bits per heavy atom. The maximum atomic E-state index is 12.0. The largest absolute Gasteiger partial charge is 0.352 e. The molecule has 0 spiro atoms. The zero-order valence-corrected chi connectivity index (χ0v) is 14.1. The average molecular weight is 343 g/mol. The molecule has 0 aliphatic heterocycles. The Hall–Kier alpha value is -2.63. The normalized spacial score (nSPS) is 19.9. The van der Waals surface area contributed by atoms with Crippen LogP contribution in [0.1, 0.15) is 24.8 Å². The SMILES string of the molecule is C[C@H](NC(=O)N[C@@H]1C[C@H]1c1ccc2ccccc2c1)C(=O)NCCF. The molecule has 0 bridgehead atoms. The molecule has 0 heterocycles. The molecule has 132 valence electrons. The first-order valence-electron chi connectivity index (χ1n) is 8.48. The molecule has 3 N–H and O–H groups in total. The Labute approximate surface area is 146 Å². The van der Waals surface area contributed by atoms with Gasteiger partial charge in [-0.1, -0.05) is 42.5 Å². The van der Waals surface area contributed by atoms with Crippen molar-refractivity contribution in [2.24, 2.45) is 0 Å². The van der Waals surface area contributed by atoms with Gasteiger partial charge in [-0.25, -0.2) is 9.18 Å². The molecule has 3 atom stereocenters. The highest BCUT2D eigenvalue weighted by Crippen LogP contribution is 2.41. The molecule has 2 aromatic carbocycles. The van der Waals surface area contributed by atoms with E-state index < -0.39 is 18.6 Å². The minimum absolute atomic E-state index is 0.0425. The minimum Gasteiger partial charge on any atom is -0.352 e. The standard InChI is InChI=1S/C19H22FN3O2/c1-12(18(24)21-9-8-20)22-19(25)23-17-11-16(17)15-7-6-13-4-2-3-5-14(13)10-15/h2-7,10,12,16-17H,8-9,11H2,1H3,(H,21,24)(H2,22,23,25)/t12-,16-,17+/m0/s1. The number of amides is 3. The van der Waals surface area contributed by atoms with Crippen LogP contribution in [0.2, 0.25) is 0 Å². The summed E-state index contributed by atoms with van der Waals surface area (Å²) in [4.78, 5) is 23.6. The van der Waals surface area contributed by atoms with Crippen LogP contribution in [-0.4, -0.2) is 37.2 Å². The van der Waals surface area contributed by atoms with Crippen molar-refractivity contribution in [1.82, 2.24) is 16.0 Å². The van der Waals surface area contributed by atoms with E-state index >= 15 is 0 Å². The van der Waals surface area contributed by atoms with E-state index in [4.69, 9.17) is 0 Å². The molecule has 2 aromatic rings. The summed E-state index contributed by atoms with van der Waals surface area (Å²) >= 11 is 0. The number of fused-ring (bicyclic) bond motifs is 1. The molecular weight excluding hydrogens is 321 g/mol. The van der Waals surface area contributed by atoms with Crippen LogP contribution in [0.25, 0.3) is 10.8 Å². The van der Waals surface area contributed by atoms with E-state index in [1.165, 1.54) is 16.3 Å². The third-order valence-electron chi connectivity index (χ3n) is 4.44. The number of hydrogen-bond acceptors (Lipinski definition) is 2. The molecule has 0 radical (unpaired) electrons. The van der Waals surface area contributed by atoms with Gasteiger partial charge in [-0.05, 0) is 29.7 Å². The van der Waals surface area contributed by atoms with Gasteiger partial charge >= 0.3 is 6.03 Å². The first-order chi connectivity index (χ1) is 12.1. The van der Waals surface area contributed by atoms with E-state index in [-0.39, 0.29) is 18.6 Å². The van der Waals surface area contributed by atoms with E-state index in [0.717, 1.165) is 6.42 Å². The highest BCUT2D eigenvalue weighted by molar-refractivity contribution is 5.87. The van der Waals surface area contributed by atoms with Crippen molar-refractivity contribution >= 4 is 22.7 Å². The monoisotopic (exact) mass is 343 g/mol. The molecule has 3 rings (SSSR count). The number of benzene rings is 2. The number of alkyl halides is 1. The molecule has 6 heteroatoms. The predicted molar refractivity (Wildman–Crippen MR) is 95.2 cm³/mol. The molecule has 0 unspecified atom stereocenters. The first-order valence-corrected chi connectivity index (χ1v) is 8.48. The Morgan fingerprint density at radius 2 is 1.96 bits per heavy atom. The van der Waals surface area contributed by atoms with Crippen LogP contribution < -0.4 is 16.0 Å². The fourth-order valence-electron chi connectivity index (χ4n) is 2.96. The Kier molecular flexibility index (Phi) is 5.16. The zero-order valence-electron chi connectivity index (χ0n) is 14.1. The van der Waals surface area contributed by atoms with Crippen LogP contribution in [0.15, 0.2) is 42.5 Å². The number of nitrogens with one attached hydrogen (secondary N) is 3. The van der Waals surface area contributed by atoms with Gasteiger partial charge in [0.1, 0.15) is 12.7 Å². The van der Waals surface area contributed by atoms with Crippen LogP contribution in [0.3, 0.4) is 0 Å². The van der Waals surface area contributed by atoms with E-state index in [1.807, 2.05) is 12.1 Å². The molecular formula is C19H22FN3O2. The minimum atomic E-state index is -0.704. The maximum absolute atomic E-state index is 12.0. The summed E-state index contributed by atoms with van der Waals surface area (Å²) in [5.74, 6) is -0.0966. The second-order valence-electron chi connectivity index (χ2n) is 6.37. The van der Waals surface area contributed by atoms with Gasteiger partial charge in [0, 0.05) is 18.5 Å². The Balaban J connectivity index is 1.51. The lowest BCUT2D eigenvalue weighted by Crippen LogP contribution is -2.49. The van der Waals surface area contributed by atoms with Crippen molar-refractivity contribution in [2.75, 3.05) is 13.2 Å². The second kappa shape index (κ2) is 7.51. The molecule has 0 saturated heterocycles. The molecule has 25 heavy (non-hydrogen) atoms. The van der Waals surface area contributed by atoms with Crippen LogP contribution in [-0.2, 0) is 4.79 Å². The van der Waals surface area contributed by atoms with Gasteiger partial charge in [-0.3, -0.25) is 4.79 Å². The third kappa shape index (κ3) is 4.26. The lowest BCUT2D eigenvalue weighted by Gasteiger charge is -2.14. The highest BCUT2D eigenvalue weighted by Gasteiger charge is 2.39. The van der Waals surface area contributed by atoms with Gasteiger partial charge in [0.15, 0.2) is 0 Å². The summed E-state index contributed by atoms with van der Waals surface area (Å²) in [6.45, 7) is 0.903. The van der Waals surface area contributed by atoms with Crippen molar-refractivity contribution in [3.63, 3.8) is 0 Å². The topological polar surface area (TPSA) is 70.2 Å². The van der Waals surface area contributed by atoms with Crippen molar-refractivity contribution in [3.8, 4) is 0 Å². The average Bonchev–Trinajstić information content (AvgIpc) is 3.37. The van der Waals surface area contributed by atoms with Gasteiger partial charge in [-0.15, -0.1) is 0 Å². The molecule has 3 amide bonds. The van der Waals surface area contributed by atoms with E-state index in [1.54, 1.807) is 6.92 Å². The molecule has 1 aliphatic carbocycles. The van der Waals surface area contributed by atoms with Crippen LogP contribution in [0, 0.1) is 0 Å². The lowest BCUT2D eigenvalue weighted by molar-refractivity contribution is -0.122. The Bertz CT molecular complexity index is 780. The van der Waals surface area contributed by atoms with Gasteiger partial charge < -0.3 is 16.0 Å². The van der Waals surface area contributed by atoms with Crippen LogP contribution in [0.4, 0.5) is 9.18 Å². The summed E-state index contributed by atoms with van der Waals surface area (Å²) in [7, 11) is 0. The summed E-state index contributed by atoms with van der Waals surface area (Å²) < 4.78 is 12.0. The van der Waals surface area contributed by atoms with Crippen LogP contribution >= 0.6 is 0 Å². The number of carbonyl (C=O) groups is 2. The molecule has 1 saturated carbocycles. The molecule has 5 nitrogen and oxygen atoms in total. The fourth-order valence-corrected chi connectivity index (χ4v) is 2.96. The summed E-state index contributed by atoms with van der Waals surface area (Å²) in [6.07, 6.45) is 0.883. The first kappa shape index (κ1) is 17.2. The van der Waals surface area contributed by atoms with Gasteiger partial charge in [0.05, 0.1) is 0 Å². The van der Waals surface area contributed by atoms with Crippen LogP contribution in [0.5, 0.6) is 0 Å². The number of rotatable bonds is 6. The van der Waals surface area contributed by atoms with E-state index in [9.17, 15) is 14.0 Å². The van der Waals surface area contributed by atoms with Crippen molar-refractivity contribution < 1.29 is 14.0 Å². The number of carbonyl (C=O) groups excluding carboxylic acids is 2. The van der Waals surface area contributed by atoms with Gasteiger partial charge in [0.2, 0.25) is 5.91 Å². The number of halogens is 1. The van der Waals surface area contributed by atoms with Gasteiger partial charge in [0.25, 0.3) is 0 Å². The molecule has 0 aromatic heterocycles. The van der Waals surface area contributed by atoms with Crippen molar-refractivity contribution in [1.29, 1.82) is 0 Å². The van der Waals surface area contributed by atoms with Gasteiger partial charge in [-0.2, -0.15) is 0 Å². The zero-order chi connectivity index (χ0) is 17.8. The van der Waals surface area contributed by atoms with E-state index in [0.29, 0.717) is 5.92 Å². The lowest BCUT2D eigenvalue weighted by atomic mass is 10.0. The second-order valence-corrected chi connectivity index (χ2v) is 6.37. The highest BCUT2D eigenvalue weighted by atomic mass is 19.1. The van der Waals surface area contributed by atoms with Crippen molar-refractivity contribution in [3.05, 3.63) is 48.0 Å². The quantitative estimate of drug-likeness (QED) is 0.754. The summed E-state index contributed by atoms with van der Waals surface area (Å²) in [5, 5.41) is 10.3.